The summed E-state index contributed by atoms with van der Waals surface area (Å²) in [5.74, 6) is -2.07. The molecule has 1 aliphatic carbocycles. The van der Waals surface area contributed by atoms with Gasteiger partial charge in [0.15, 0.2) is 0 Å². The molecule has 0 radical (unpaired) electrons. The van der Waals surface area contributed by atoms with Gasteiger partial charge in [0.2, 0.25) is 0 Å². The average Bonchev–Trinajstić information content (AvgIpc) is 3.58. The van der Waals surface area contributed by atoms with Gasteiger partial charge in [0.25, 0.3) is 5.91 Å². The number of carboxylic acid groups (broad SMARTS) is 1. The van der Waals surface area contributed by atoms with Crippen molar-refractivity contribution < 1.29 is 19.1 Å². The molecule has 0 atom stereocenters. The molecule has 31 heavy (non-hydrogen) atoms. The van der Waals surface area contributed by atoms with Gasteiger partial charge in [-0.2, -0.15) is 0 Å². The minimum absolute atomic E-state index is 0.0439. The molecule has 160 valence electrons. The van der Waals surface area contributed by atoms with E-state index in [0.717, 1.165) is 30.9 Å². The first-order valence-corrected chi connectivity index (χ1v) is 10.4. The Morgan fingerprint density at radius 3 is 2.68 bits per heavy atom. The summed E-state index contributed by atoms with van der Waals surface area (Å²) in [5.41, 5.74) is 1.78. The number of hydrogen-bond donors (Lipinski definition) is 4. The van der Waals surface area contributed by atoms with Crippen molar-refractivity contribution in [3.05, 3.63) is 80.9 Å². The molecule has 1 heterocycles. The highest BCUT2D eigenvalue weighted by atomic mass is 35.5. The van der Waals surface area contributed by atoms with Crippen LogP contribution in [0, 0.1) is 11.2 Å². The Morgan fingerprint density at radius 2 is 2.00 bits per heavy atom. The summed E-state index contributed by atoms with van der Waals surface area (Å²) in [7, 11) is 0. The van der Waals surface area contributed by atoms with Gasteiger partial charge in [-0.25, -0.2) is 9.18 Å². The number of allylic oxidation sites excluding steroid dienone is 2. The molecule has 2 aromatic rings. The Kier molecular flexibility index (Phi) is 5.78. The Balaban J connectivity index is 1.65. The van der Waals surface area contributed by atoms with Crippen LogP contribution in [-0.2, 0) is 0 Å². The number of amides is 1. The molecular weight excluding hydrogens is 421 g/mol. The van der Waals surface area contributed by atoms with Crippen LogP contribution in [0.3, 0.4) is 0 Å². The number of carbonyl (C=O) groups excluding carboxylic acids is 1. The van der Waals surface area contributed by atoms with E-state index in [9.17, 15) is 14.0 Å². The zero-order valence-corrected chi connectivity index (χ0v) is 17.4. The van der Waals surface area contributed by atoms with Gasteiger partial charge in [-0.3, -0.25) is 10.2 Å². The lowest BCUT2D eigenvalue weighted by Gasteiger charge is -2.24. The van der Waals surface area contributed by atoms with Gasteiger partial charge in [0.1, 0.15) is 5.82 Å². The number of carboxylic acids is 1. The molecule has 4 N–H and O–H groups in total. The standard InChI is InChI=1S/C23H21ClFN3O3/c24-16-4-1-3-14(12-6-7-12)19(16)22(29)28-18-5-2-10-27-21(18)20(26)15-9-8-13(23(30)31)11-17(15)25/h1,3-4,8-9,11-12,26-27H,2,5-7,10H2,(H,28,29)(H,30,31). The number of halogens is 2. The van der Waals surface area contributed by atoms with Crippen molar-refractivity contribution in [2.24, 2.45) is 0 Å². The second kappa shape index (κ2) is 8.51. The summed E-state index contributed by atoms with van der Waals surface area (Å²) in [4.78, 5) is 24.2. The second-order valence-corrected chi connectivity index (χ2v) is 8.10. The fraction of sp³-hybridized carbons (Fsp3) is 0.261. The summed E-state index contributed by atoms with van der Waals surface area (Å²) in [5, 5.41) is 23.9. The smallest absolute Gasteiger partial charge is 0.335 e. The van der Waals surface area contributed by atoms with Crippen molar-refractivity contribution in [1.82, 2.24) is 10.6 Å². The molecule has 0 bridgehead atoms. The quantitative estimate of drug-likeness (QED) is 0.497. The van der Waals surface area contributed by atoms with Crippen molar-refractivity contribution in [3.8, 4) is 0 Å². The molecule has 1 fully saturated rings. The lowest BCUT2D eigenvalue weighted by atomic mass is 9.98. The van der Waals surface area contributed by atoms with Crippen LogP contribution in [0.5, 0.6) is 0 Å². The molecule has 4 rings (SSSR count). The Hall–Kier alpha value is -3.19. The number of benzene rings is 2. The van der Waals surface area contributed by atoms with E-state index in [-0.39, 0.29) is 22.7 Å². The summed E-state index contributed by atoms with van der Waals surface area (Å²) in [6, 6.07) is 8.83. The van der Waals surface area contributed by atoms with Crippen LogP contribution in [0.25, 0.3) is 0 Å². The van der Waals surface area contributed by atoms with Gasteiger partial charge in [-0.1, -0.05) is 23.7 Å². The SMILES string of the molecule is N=C(C1=C(NC(=O)c2c(Cl)cccc2C2CC2)CCCN1)c1ccc(C(=O)O)cc1F. The van der Waals surface area contributed by atoms with Gasteiger partial charge in [0.05, 0.1) is 27.6 Å². The van der Waals surface area contributed by atoms with E-state index in [2.05, 4.69) is 10.6 Å². The summed E-state index contributed by atoms with van der Waals surface area (Å²) in [6.45, 7) is 0.575. The normalized spacial score (nSPS) is 15.9. The maximum absolute atomic E-state index is 14.5. The van der Waals surface area contributed by atoms with Gasteiger partial charge >= 0.3 is 5.97 Å². The van der Waals surface area contributed by atoms with Crippen LogP contribution >= 0.6 is 11.6 Å². The molecule has 1 amide bonds. The fourth-order valence-corrected chi connectivity index (χ4v) is 4.04. The lowest BCUT2D eigenvalue weighted by molar-refractivity contribution is 0.0696. The van der Waals surface area contributed by atoms with Crippen LogP contribution < -0.4 is 10.6 Å². The number of rotatable bonds is 6. The minimum atomic E-state index is -1.24. The summed E-state index contributed by atoms with van der Waals surface area (Å²) >= 11 is 6.34. The molecule has 1 aliphatic heterocycles. The van der Waals surface area contributed by atoms with Crippen LogP contribution in [0.2, 0.25) is 5.02 Å². The monoisotopic (exact) mass is 441 g/mol. The Labute approximate surface area is 183 Å². The van der Waals surface area contributed by atoms with Gasteiger partial charge in [-0.05, 0) is 61.4 Å². The minimum Gasteiger partial charge on any atom is -0.478 e. The van der Waals surface area contributed by atoms with Gasteiger partial charge in [-0.15, -0.1) is 0 Å². The lowest BCUT2D eigenvalue weighted by Crippen LogP contribution is -2.35. The molecule has 2 aliphatic rings. The van der Waals surface area contributed by atoms with Gasteiger partial charge < -0.3 is 15.7 Å². The van der Waals surface area contributed by atoms with E-state index in [0.29, 0.717) is 40.9 Å². The molecule has 0 aromatic heterocycles. The number of carbonyl (C=O) groups is 2. The Bertz CT molecular complexity index is 1130. The highest BCUT2D eigenvalue weighted by Gasteiger charge is 2.30. The zero-order chi connectivity index (χ0) is 22.1. The number of hydrogen-bond acceptors (Lipinski definition) is 4. The van der Waals surface area contributed by atoms with Crippen LogP contribution in [0.15, 0.2) is 47.8 Å². The largest absolute Gasteiger partial charge is 0.478 e. The average molecular weight is 442 g/mol. The van der Waals surface area contributed by atoms with E-state index in [1.54, 1.807) is 6.07 Å². The Morgan fingerprint density at radius 1 is 1.23 bits per heavy atom. The van der Waals surface area contributed by atoms with Gasteiger partial charge in [0, 0.05) is 17.8 Å². The molecule has 0 unspecified atom stereocenters. The molecule has 6 nitrogen and oxygen atoms in total. The van der Waals surface area contributed by atoms with Crippen molar-refractivity contribution >= 4 is 29.2 Å². The van der Waals surface area contributed by atoms with Crippen molar-refractivity contribution in [1.29, 1.82) is 5.41 Å². The third-order valence-corrected chi connectivity index (χ3v) is 5.81. The van der Waals surface area contributed by atoms with E-state index in [4.69, 9.17) is 22.1 Å². The number of nitrogens with one attached hydrogen (secondary N) is 3. The first kappa shape index (κ1) is 21.1. The third kappa shape index (κ3) is 4.32. The predicted molar refractivity (Wildman–Crippen MR) is 115 cm³/mol. The first-order valence-electron chi connectivity index (χ1n) is 10.1. The van der Waals surface area contributed by atoms with E-state index >= 15 is 0 Å². The third-order valence-electron chi connectivity index (χ3n) is 5.50. The summed E-state index contributed by atoms with van der Waals surface area (Å²) < 4.78 is 14.5. The van der Waals surface area contributed by atoms with Crippen LogP contribution in [-0.4, -0.2) is 29.2 Å². The number of aromatic carboxylic acids is 1. The molecule has 0 saturated heterocycles. The summed E-state index contributed by atoms with van der Waals surface area (Å²) in [6.07, 6.45) is 3.29. The molecule has 0 spiro atoms. The predicted octanol–water partition coefficient (Wildman–Crippen LogP) is 4.45. The van der Waals surface area contributed by atoms with E-state index < -0.39 is 11.8 Å². The maximum atomic E-state index is 14.5. The van der Waals surface area contributed by atoms with E-state index in [1.807, 2.05) is 12.1 Å². The van der Waals surface area contributed by atoms with Crippen molar-refractivity contribution in [3.63, 3.8) is 0 Å². The molecule has 8 heteroatoms. The molecule has 1 saturated carbocycles. The highest BCUT2D eigenvalue weighted by molar-refractivity contribution is 6.34. The van der Waals surface area contributed by atoms with Crippen molar-refractivity contribution in [2.75, 3.05) is 6.54 Å². The van der Waals surface area contributed by atoms with Crippen LogP contribution in [0.4, 0.5) is 4.39 Å². The van der Waals surface area contributed by atoms with Crippen LogP contribution in [0.1, 0.15) is 63.4 Å². The highest BCUT2D eigenvalue weighted by Crippen LogP contribution is 2.43. The first-order chi connectivity index (χ1) is 14.9. The van der Waals surface area contributed by atoms with Crippen molar-refractivity contribution in [2.45, 2.75) is 31.6 Å². The fourth-order valence-electron chi connectivity index (χ4n) is 3.77. The molecule has 2 aromatic carbocycles. The topological polar surface area (TPSA) is 102 Å². The second-order valence-electron chi connectivity index (χ2n) is 7.69. The zero-order valence-electron chi connectivity index (χ0n) is 16.6. The molecular formula is C23H21ClFN3O3. The maximum Gasteiger partial charge on any atom is 0.335 e. The van der Waals surface area contributed by atoms with E-state index in [1.165, 1.54) is 12.1 Å².